The number of hydrogen-bond acceptors (Lipinski definition) is 10. The van der Waals surface area contributed by atoms with Crippen LogP contribution in [0.25, 0.3) is 0 Å². The number of esters is 4. The molecule has 4 rings (SSSR count). The second-order valence-electron chi connectivity index (χ2n) is 9.90. The molecule has 4 aliphatic rings. The van der Waals surface area contributed by atoms with Crippen molar-refractivity contribution >= 4 is 29.7 Å². The molecule has 0 spiro atoms. The number of rotatable bonds is 3. The van der Waals surface area contributed by atoms with Crippen LogP contribution in [0.5, 0.6) is 0 Å². The number of methoxy groups -OCH3 is 1. The number of aliphatic hydroxyl groups excluding tert-OH is 1. The average molecular weight is 464 g/mol. The zero-order valence-electron chi connectivity index (χ0n) is 19.0. The van der Waals surface area contributed by atoms with Gasteiger partial charge in [0.2, 0.25) is 6.29 Å². The Morgan fingerprint density at radius 2 is 1.85 bits per heavy atom. The van der Waals surface area contributed by atoms with E-state index in [0.717, 1.165) is 0 Å². The molecule has 2 saturated carbocycles. The first-order valence-electron chi connectivity index (χ1n) is 11.0. The SMILES string of the molecule is COC(=O)[C@@H]1C[C@H](OC(C)=O)C(=O)[C@H]2[C@@]1(C)CC[C@H]1C(=O)O[C@H](C3=CC(O)OC3=O)C[C@]21C. The van der Waals surface area contributed by atoms with Gasteiger partial charge >= 0.3 is 23.9 Å². The van der Waals surface area contributed by atoms with Gasteiger partial charge in [0.25, 0.3) is 0 Å². The summed E-state index contributed by atoms with van der Waals surface area (Å²) in [4.78, 5) is 63.5. The van der Waals surface area contributed by atoms with Gasteiger partial charge in [-0.2, -0.15) is 0 Å². The standard InChI is InChI=1S/C23H28O10/c1-10(24)31-14-8-13(20(28)30-4)22(2)6-5-12-21(29)32-15(11-7-16(25)33-19(11)27)9-23(12,3)18(22)17(14)26/h7,12-16,18,25H,5-6,8-9H2,1-4H3/t12-,13-,14-,15-,16?,18-,22-,23-/m0/s1. The molecular formula is C23H28O10. The van der Waals surface area contributed by atoms with Gasteiger partial charge in [0.15, 0.2) is 11.9 Å². The maximum absolute atomic E-state index is 13.7. The van der Waals surface area contributed by atoms with Crippen molar-refractivity contribution in [3.63, 3.8) is 0 Å². The van der Waals surface area contributed by atoms with Gasteiger partial charge in [0, 0.05) is 19.3 Å². The number of aliphatic hydroxyl groups is 1. The summed E-state index contributed by atoms with van der Waals surface area (Å²) in [5.74, 6) is -5.04. The molecule has 0 aromatic carbocycles. The van der Waals surface area contributed by atoms with Gasteiger partial charge in [0.1, 0.15) is 6.10 Å². The van der Waals surface area contributed by atoms with Crippen LogP contribution in [0.15, 0.2) is 11.6 Å². The fourth-order valence-electron chi connectivity index (χ4n) is 6.67. The Kier molecular flexibility index (Phi) is 5.63. The highest BCUT2D eigenvalue weighted by molar-refractivity contribution is 5.95. The second-order valence-corrected chi connectivity index (χ2v) is 9.90. The van der Waals surface area contributed by atoms with Crippen LogP contribution in [0, 0.1) is 28.6 Å². The minimum atomic E-state index is -1.43. The van der Waals surface area contributed by atoms with E-state index in [1.54, 1.807) is 6.92 Å². The van der Waals surface area contributed by atoms with Gasteiger partial charge in [-0.1, -0.05) is 13.8 Å². The zero-order chi connectivity index (χ0) is 24.3. The van der Waals surface area contributed by atoms with Crippen molar-refractivity contribution in [2.24, 2.45) is 28.6 Å². The highest BCUT2D eigenvalue weighted by Crippen LogP contribution is 2.64. The summed E-state index contributed by atoms with van der Waals surface area (Å²) in [6.45, 7) is 4.81. The van der Waals surface area contributed by atoms with Crippen LogP contribution in [0.4, 0.5) is 0 Å². The summed E-state index contributed by atoms with van der Waals surface area (Å²) >= 11 is 0. The summed E-state index contributed by atoms with van der Waals surface area (Å²) < 4.78 is 20.6. The molecule has 180 valence electrons. The van der Waals surface area contributed by atoms with Crippen LogP contribution in [0.1, 0.15) is 46.5 Å². The van der Waals surface area contributed by atoms with Crippen LogP contribution in [0.3, 0.4) is 0 Å². The molecule has 1 N–H and O–H groups in total. The van der Waals surface area contributed by atoms with E-state index < -0.39 is 71.0 Å². The molecule has 2 aliphatic heterocycles. The van der Waals surface area contributed by atoms with E-state index >= 15 is 0 Å². The fraction of sp³-hybridized carbons (Fsp3) is 0.696. The number of carbonyl (C=O) groups excluding carboxylic acids is 5. The first-order chi connectivity index (χ1) is 15.4. The van der Waals surface area contributed by atoms with Gasteiger partial charge < -0.3 is 24.1 Å². The van der Waals surface area contributed by atoms with E-state index in [0.29, 0.717) is 12.8 Å². The van der Waals surface area contributed by atoms with E-state index in [1.807, 2.05) is 6.92 Å². The van der Waals surface area contributed by atoms with E-state index in [1.165, 1.54) is 20.1 Å². The Balaban J connectivity index is 1.78. The van der Waals surface area contributed by atoms with E-state index in [-0.39, 0.29) is 24.2 Å². The molecule has 8 atom stereocenters. The van der Waals surface area contributed by atoms with Gasteiger partial charge in [-0.3, -0.25) is 19.2 Å². The number of carbonyl (C=O) groups is 5. The molecule has 0 radical (unpaired) electrons. The quantitative estimate of drug-likeness (QED) is 0.471. The van der Waals surface area contributed by atoms with Crippen LogP contribution < -0.4 is 0 Å². The molecular weight excluding hydrogens is 436 g/mol. The second kappa shape index (κ2) is 7.93. The summed E-state index contributed by atoms with van der Waals surface area (Å²) in [5, 5.41) is 9.66. The van der Waals surface area contributed by atoms with Crippen molar-refractivity contribution in [2.75, 3.05) is 7.11 Å². The number of cyclic esters (lactones) is 2. The van der Waals surface area contributed by atoms with Crippen molar-refractivity contribution in [1.82, 2.24) is 0 Å². The summed E-state index contributed by atoms with van der Waals surface area (Å²) in [7, 11) is 1.27. The van der Waals surface area contributed by atoms with Gasteiger partial charge in [-0.15, -0.1) is 0 Å². The van der Waals surface area contributed by atoms with Crippen molar-refractivity contribution in [3.8, 4) is 0 Å². The number of hydrogen-bond donors (Lipinski definition) is 1. The molecule has 0 aromatic heterocycles. The molecule has 0 amide bonds. The first kappa shape index (κ1) is 23.4. The highest BCUT2D eigenvalue weighted by atomic mass is 16.6. The number of Topliss-reactive ketones (excluding diaryl/α,β-unsaturated/α-hetero) is 1. The van der Waals surface area contributed by atoms with Gasteiger partial charge in [-0.05, 0) is 36.2 Å². The summed E-state index contributed by atoms with van der Waals surface area (Å²) in [6, 6.07) is 0. The summed E-state index contributed by atoms with van der Waals surface area (Å²) in [6.07, 6.45) is -1.48. The van der Waals surface area contributed by atoms with E-state index in [9.17, 15) is 29.1 Å². The minimum Gasteiger partial charge on any atom is -0.469 e. The molecule has 3 fully saturated rings. The number of ketones is 1. The normalized spacial score (nSPS) is 42.3. The molecule has 0 bridgehead atoms. The third-order valence-corrected chi connectivity index (χ3v) is 8.03. The predicted molar refractivity (Wildman–Crippen MR) is 108 cm³/mol. The van der Waals surface area contributed by atoms with Crippen LogP contribution in [0.2, 0.25) is 0 Å². The third kappa shape index (κ3) is 3.55. The molecule has 2 heterocycles. The maximum Gasteiger partial charge on any atom is 0.340 e. The number of ether oxygens (including phenoxy) is 4. The van der Waals surface area contributed by atoms with Gasteiger partial charge in [-0.25, -0.2) is 4.79 Å². The van der Waals surface area contributed by atoms with Crippen LogP contribution in [-0.4, -0.2) is 60.4 Å². The topological polar surface area (TPSA) is 143 Å². The molecule has 10 heteroatoms. The third-order valence-electron chi connectivity index (χ3n) is 8.03. The highest BCUT2D eigenvalue weighted by Gasteiger charge is 2.68. The van der Waals surface area contributed by atoms with E-state index in [4.69, 9.17) is 18.9 Å². The molecule has 2 aliphatic carbocycles. The predicted octanol–water partition coefficient (Wildman–Crippen LogP) is 0.836. The minimum absolute atomic E-state index is 0.0103. The maximum atomic E-state index is 13.7. The molecule has 1 saturated heterocycles. The monoisotopic (exact) mass is 464 g/mol. The van der Waals surface area contributed by atoms with Crippen molar-refractivity contribution in [3.05, 3.63) is 11.6 Å². The van der Waals surface area contributed by atoms with Crippen LogP contribution in [-0.2, 0) is 42.9 Å². The molecule has 10 nitrogen and oxygen atoms in total. The van der Waals surface area contributed by atoms with Crippen molar-refractivity contribution in [2.45, 2.75) is 65.0 Å². The zero-order valence-corrected chi connectivity index (χ0v) is 19.0. The first-order valence-corrected chi connectivity index (χ1v) is 11.0. The molecule has 0 aromatic rings. The molecule has 33 heavy (non-hydrogen) atoms. The van der Waals surface area contributed by atoms with Gasteiger partial charge in [0.05, 0.1) is 24.5 Å². The Morgan fingerprint density at radius 3 is 2.42 bits per heavy atom. The largest absolute Gasteiger partial charge is 0.469 e. The number of fused-ring (bicyclic) bond motifs is 3. The van der Waals surface area contributed by atoms with Crippen LogP contribution >= 0.6 is 0 Å². The Bertz CT molecular complexity index is 953. The lowest BCUT2D eigenvalue weighted by atomic mass is 9.43. The van der Waals surface area contributed by atoms with E-state index in [2.05, 4.69) is 0 Å². The van der Waals surface area contributed by atoms with Crippen molar-refractivity contribution in [1.29, 1.82) is 0 Å². The smallest absolute Gasteiger partial charge is 0.340 e. The Hall–Kier alpha value is -2.75. The fourth-order valence-corrected chi connectivity index (χ4v) is 6.67. The summed E-state index contributed by atoms with van der Waals surface area (Å²) in [5.41, 5.74) is -1.82. The lowest BCUT2D eigenvalue weighted by molar-refractivity contribution is -0.207. The Labute approximate surface area is 190 Å². The lowest BCUT2D eigenvalue weighted by Gasteiger charge is -2.61. The Morgan fingerprint density at radius 1 is 1.15 bits per heavy atom. The lowest BCUT2D eigenvalue weighted by Crippen LogP contribution is -2.65. The molecule has 1 unspecified atom stereocenters. The van der Waals surface area contributed by atoms with Crippen molar-refractivity contribution < 1.29 is 48.0 Å². The average Bonchev–Trinajstić information content (AvgIpc) is 3.06.